The molecule has 2 N–H and O–H groups in total. The van der Waals surface area contributed by atoms with E-state index < -0.39 is 5.82 Å². The highest BCUT2D eigenvalue weighted by Crippen LogP contribution is 2.30. The number of rotatable bonds is 2. The van der Waals surface area contributed by atoms with Crippen molar-refractivity contribution in [2.24, 2.45) is 0 Å². The maximum absolute atomic E-state index is 12.8. The summed E-state index contributed by atoms with van der Waals surface area (Å²) in [5, 5.41) is 0.425. The Morgan fingerprint density at radius 2 is 2.25 bits per heavy atom. The second-order valence-corrected chi connectivity index (χ2v) is 3.95. The lowest BCUT2D eigenvalue weighted by Crippen LogP contribution is -1.91. The summed E-state index contributed by atoms with van der Waals surface area (Å²) in [6.45, 7) is 2.00. The van der Waals surface area contributed by atoms with Gasteiger partial charge in [0.25, 0.3) is 0 Å². The Balaban J connectivity index is 3.05. The van der Waals surface area contributed by atoms with Gasteiger partial charge in [-0.2, -0.15) is 0 Å². The number of anilines is 1. The Bertz CT molecular complexity index is 291. The van der Waals surface area contributed by atoms with Crippen LogP contribution in [0.2, 0.25) is 5.02 Å². The molecule has 0 aromatic heterocycles. The van der Waals surface area contributed by atoms with Gasteiger partial charge in [0.1, 0.15) is 5.82 Å². The third-order valence-corrected chi connectivity index (χ3v) is 2.71. The highest BCUT2D eigenvalue weighted by Gasteiger charge is 2.05. The molecule has 0 atom stereocenters. The van der Waals surface area contributed by atoms with Crippen LogP contribution in [0.3, 0.4) is 0 Å². The van der Waals surface area contributed by atoms with E-state index in [0.717, 1.165) is 10.6 Å². The van der Waals surface area contributed by atoms with Gasteiger partial charge in [-0.3, -0.25) is 0 Å². The van der Waals surface area contributed by atoms with Crippen molar-refractivity contribution in [3.63, 3.8) is 0 Å². The van der Waals surface area contributed by atoms with E-state index >= 15 is 0 Å². The van der Waals surface area contributed by atoms with Crippen molar-refractivity contribution in [2.45, 2.75) is 11.8 Å². The van der Waals surface area contributed by atoms with Crippen molar-refractivity contribution in [1.29, 1.82) is 0 Å². The molecule has 1 nitrogen and oxygen atoms in total. The van der Waals surface area contributed by atoms with Gasteiger partial charge >= 0.3 is 0 Å². The smallest absolute Gasteiger partial charge is 0.147 e. The molecule has 1 aromatic rings. The minimum Gasteiger partial charge on any atom is -0.396 e. The molecule has 0 spiro atoms. The Hall–Kier alpha value is -0.410. The molecule has 0 aliphatic heterocycles. The number of nitrogen functional groups attached to an aromatic ring is 1. The van der Waals surface area contributed by atoms with Gasteiger partial charge < -0.3 is 5.73 Å². The first-order valence-electron chi connectivity index (χ1n) is 3.52. The number of nitrogens with two attached hydrogens (primary N) is 1. The van der Waals surface area contributed by atoms with Crippen molar-refractivity contribution in [3.8, 4) is 0 Å². The minimum atomic E-state index is -0.458. The summed E-state index contributed by atoms with van der Waals surface area (Å²) in [4.78, 5) is 0.832. The summed E-state index contributed by atoms with van der Waals surface area (Å²) >= 11 is 7.31. The molecule has 1 rings (SSSR count). The third kappa shape index (κ3) is 2.05. The number of thioether (sulfide) groups is 1. The van der Waals surface area contributed by atoms with Crippen LogP contribution in [0.1, 0.15) is 6.92 Å². The fourth-order valence-electron chi connectivity index (χ4n) is 0.811. The Kier molecular flexibility index (Phi) is 3.23. The number of hydrogen-bond acceptors (Lipinski definition) is 2. The van der Waals surface area contributed by atoms with Crippen molar-refractivity contribution < 1.29 is 4.39 Å². The fourth-order valence-corrected chi connectivity index (χ4v) is 1.84. The van der Waals surface area contributed by atoms with Crippen LogP contribution >= 0.6 is 23.4 Å². The van der Waals surface area contributed by atoms with E-state index in [1.807, 2.05) is 6.92 Å². The molecule has 0 saturated heterocycles. The zero-order valence-electron chi connectivity index (χ0n) is 6.60. The molecule has 0 unspecified atom stereocenters. The first-order valence-corrected chi connectivity index (χ1v) is 4.88. The standard InChI is InChI=1S/C8H9ClFNS/c1-2-12-8-4-7(11)6(10)3-5(8)9/h3-4H,2,11H2,1H3. The molecule has 0 aliphatic rings. The van der Waals surface area contributed by atoms with Gasteiger partial charge in [0, 0.05) is 4.90 Å². The second-order valence-electron chi connectivity index (χ2n) is 2.24. The molecule has 66 valence electrons. The molecule has 0 heterocycles. The van der Waals surface area contributed by atoms with Crippen molar-refractivity contribution in [2.75, 3.05) is 11.5 Å². The lowest BCUT2D eigenvalue weighted by molar-refractivity contribution is 0.631. The molecule has 0 radical (unpaired) electrons. The van der Waals surface area contributed by atoms with E-state index in [1.165, 1.54) is 6.07 Å². The fraction of sp³-hybridized carbons (Fsp3) is 0.250. The Morgan fingerprint density at radius 3 is 2.83 bits per heavy atom. The van der Waals surface area contributed by atoms with Gasteiger partial charge in [0.15, 0.2) is 0 Å². The second kappa shape index (κ2) is 4.01. The van der Waals surface area contributed by atoms with E-state index in [4.69, 9.17) is 17.3 Å². The zero-order chi connectivity index (χ0) is 9.14. The van der Waals surface area contributed by atoms with Gasteiger partial charge in [-0.05, 0) is 17.9 Å². The van der Waals surface area contributed by atoms with Crippen LogP contribution in [0.5, 0.6) is 0 Å². The normalized spacial score (nSPS) is 10.2. The molecule has 0 aliphatic carbocycles. The summed E-state index contributed by atoms with van der Waals surface area (Å²) in [5.74, 6) is 0.436. The molecule has 4 heteroatoms. The van der Waals surface area contributed by atoms with Crippen LogP contribution in [0.4, 0.5) is 10.1 Å². The Morgan fingerprint density at radius 1 is 1.58 bits per heavy atom. The number of hydrogen-bond donors (Lipinski definition) is 1. The topological polar surface area (TPSA) is 26.0 Å². The third-order valence-electron chi connectivity index (χ3n) is 1.35. The largest absolute Gasteiger partial charge is 0.396 e. The van der Waals surface area contributed by atoms with Crippen LogP contribution in [0.25, 0.3) is 0 Å². The lowest BCUT2D eigenvalue weighted by Gasteiger charge is -2.03. The quantitative estimate of drug-likeness (QED) is 0.593. The van der Waals surface area contributed by atoms with Gasteiger partial charge in [0.05, 0.1) is 10.7 Å². The van der Waals surface area contributed by atoms with Crippen LogP contribution in [0.15, 0.2) is 17.0 Å². The predicted molar refractivity (Wildman–Crippen MR) is 52.2 cm³/mol. The lowest BCUT2D eigenvalue weighted by atomic mass is 10.3. The monoisotopic (exact) mass is 205 g/mol. The molecule has 0 fully saturated rings. The maximum Gasteiger partial charge on any atom is 0.147 e. The van der Waals surface area contributed by atoms with Crippen LogP contribution in [0, 0.1) is 5.82 Å². The number of halogens is 2. The Labute approximate surface area is 80.1 Å². The summed E-state index contributed by atoms with van der Waals surface area (Å²) in [6, 6.07) is 2.81. The minimum absolute atomic E-state index is 0.148. The molecule has 12 heavy (non-hydrogen) atoms. The van der Waals surface area contributed by atoms with E-state index in [0.29, 0.717) is 5.02 Å². The van der Waals surface area contributed by atoms with Crippen molar-refractivity contribution in [3.05, 3.63) is 23.0 Å². The SMILES string of the molecule is CCSc1cc(N)c(F)cc1Cl. The van der Waals surface area contributed by atoms with E-state index in [-0.39, 0.29) is 5.69 Å². The molecule has 0 saturated carbocycles. The molecular weight excluding hydrogens is 197 g/mol. The van der Waals surface area contributed by atoms with Crippen LogP contribution in [-0.2, 0) is 0 Å². The van der Waals surface area contributed by atoms with Gasteiger partial charge in [0.2, 0.25) is 0 Å². The van der Waals surface area contributed by atoms with Gasteiger partial charge in [-0.25, -0.2) is 4.39 Å². The van der Waals surface area contributed by atoms with E-state index in [2.05, 4.69) is 0 Å². The van der Waals surface area contributed by atoms with Crippen LogP contribution in [-0.4, -0.2) is 5.75 Å². The van der Waals surface area contributed by atoms with Crippen molar-refractivity contribution in [1.82, 2.24) is 0 Å². The molecule has 0 amide bonds. The molecule has 1 aromatic carbocycles. The van der Waals surface area contributed by atoms with Crippen molar-refractivity contribution >= 4 is 29.1 Å². The summed E-state index contributed by atoms with van der Waals surface area (Å²) in [7, 11) is 0. The first kappa shape index (κ1) is 9.68. The summed E-state index contributed by atoms with van der Waals surface area (Å²) < 4.78 is 12.8. The van der Waals surface area contributed by atoms with Gasteiger partial charge in [-0.15, -0.1) is 11.8 Å². The summed E-state index contributed by atoms with van der Waals surface area (Å²) in [5.41, 5.74) is 5.52. The zero-order valence-corrected chi connectivity index (χ0v) is 8.18. The first-order chi connectivity index (χ1) is 5.65. The average molecular weight is 206 g/mol. The predicted octanol–water partition coefficient (Wildman–Crippen LogP) is 3.17. The maximum atomic E-state index is 12.8. The molecular formula is C8H9ClFNS. The average Bonchev–Trinajstić information content (AvgIpc) is 2.01. The van der Waals surface area contributed by atoms with E-state index in [9.17, 15) is 4.39 Å². The highest BCUT2D eigenvalue weighted by atomic mass is 35.5. The van der Waals surface area contributed by atoms with E-state index in [1.54, 1.807) is 17.8 Å². The van der Waals surface area contributed by atoms with Crippen LogP contribution < -0.4 is 5.73 Å². The van der Waals surface area contributed by atoms with Gasteiger partial charge in [-0.1, -0.05) is 18.5 Å². The molecule has 0 bridgehead atoms. The number of benzene rings is 1. The summed E-state index contributed by atoms with van der Waals surface area (Å²) in [6.07, 6.45) is 0. The highest BCUT2D eigenvalue weighted by molar-refractivity contribution is 7.99.